The number of hydrogen-bond acceptors (Lipinski definition) is 5. The number of aryl methyl sites for hydroxylation is 1. The molecule has 0 fully saturated rings. The molecular formula is C20H24N6O2. The number of carbonyl (C=O) groups is 1. The number of hydrogen-bond donors (Lipinski definition) is 2. The van der Waals surface area contributed by atoms with Gasteiger partial charge in [-0.3, -0.25) is 0 Å². The topological polar surface area (TPSA) is 94.0 Å². The van der Waals surface area contributed by atoms with Crippen LogP contribution in [-0.4, -0.2) is 32.8 Å². The maximum absolute atomic E-state index is 12.0. The second kappa shape index (κ2) is 9.50. The summed E-state index contributed by atoms with van der Waals surface area (Å²) in [6, 6.07) is 17.4. The van der Waals surface area contributed by atoms with Crippen LogP contribution in [-0.2, 0) is 20.1 Å². The van der Waals surface area contributed by atoms with E-state index in [1.807, 2.05) is 61.5 Å². The van der Waals surface area contributed by atoms with Crippen molar-refractivity contribution in [1.82, 2.24) is 30.8 Å². The molecule has 0 bridgehead atoms. The smallest absolute Gasteiger partial charge is 0.315 e. The fraction of sp³-hybridized carbons (Fsp3) is 0.300. The Morgan fingerprint density at radius 2 is 1.86 bits per heavy atom. The fourth-order valence-electron chi connectivity index (χ4n) is 2.73. The quantitative estimate of drug-likeness (QED) is 0.626. The number of benzene rings is 2. The van der Waals surface area contributed by atoms with E-state index in [9.17, 15) is 4.79 Å². The summed E-state index contributed by atoms with van der Waals surface area (Å²) >= 11 is 0. The first kappa shape index (κ1) is 19.3. The highest BCUT2D eigenvalue weighted by molar-refractivity contribution is 5.74. The van der Waals surface area contributed by atoms with Crippen LogP contribution in [0.15, 0.2) is 54.6 Å². The summed E-state index contributed by atoms with van der Waals surface area (Å²) in [7, 11) is 1.73. The number of amides is 2. The van der Waals surface area contributed by atoms with Crippen LogP contribution in [0.3, 0.4) is 0 Å². The van der Waals surface area contributed by atoms with Crippen LogP contribution in [0.5, 0.6) is 5.75 Å². The van der Waals surface area contributed by atoms with E-state index in [0.29, 0.717) is 19.0 Å². The summed E-state index contributed by atoms with van der Waals surface area (Å²) in [5.74, 6) is 1.42. The molecule has 146 valence electrons. The number of nitrogens with one attached hydrogen (secondary N) is 2. The van der Waals surface area contributed by atoms with Crippen LogP contribution in [0.2, 0.25) is 0 Å². The van der Waals surface area contributed by atoms with Gasteiger partial charge in [0.1, 0.15) is 12.4 Å². The number of rotatable bonds is 8. The highest BCUT2D eigenvalue weighted by atomic mass is 16.5. The molecule has 8 nitrogen and oxygen atoms in total. The van der Waals surface area contributed by atoms with Gasteiger partial charge in [0.15, 0.2) is 5.82 Å². The Morgan fingerprint density at radius 1 is 1.11 bits per heavy atom. The summed E-state index contributed by atoms with van der Waals surface area (Å²) in [5, 5.41) is 16.9. The average molecular weight is 380 g/mol. The molecule has 0 spiro atoms. The summed E-state index contributed by atoms with van der Waals surface area (Å²) in [6.07, 6.45) is 0.728. The molecule has 28 heavy (non-hydrogen) atoms. The molecule has 0 aliphatic carbocycles. The van der Waals surface area contributed by atoms with Crippen LogP contribution in [0, 0.1) is 0 Å². The zero-order valence-electron chi connectivity index (χ0n) is 16.0. The highest BCUT2D eigenvalue weighted by Gasteiger charge is 2.14. The van der Waals surface area contributed by atoms with E-state index in [1.54, 1.807) is 7.05 Å². The lowest BCUT2D eigenvalue weighted by atomic mass is 10.1. The largest absolute Gasteiger partial charge is 0.489 e. The zero-order chi connectivity index (χ0) is 19.8. The van der Waals surface area contributed by atoms with Gasteiger partial charge in [-0.15, -0.1) is 5.10 Å². The van der Waals surface area contributed by atoms with Gasteiger partial charge in [0, 0.05) is 13.6 Å². The molecule has 1 aromatic heterocycles. The number of urea groups is 1. The number of aromatic nitrogens is 4. The fourth-order valence-corrected chi connectivity index (χ4v) is 2.73. The van der Waals surface area contributed by atoms with Crippen molar-refractivity contribution in [1.29, 1.82) is 0 Å². The van der Waals surface area contributed by atoms with E-state index in [2.05, 4.69) is 26.2 Å². The molecule has 3 aromatic rings. The van der Waals surface area contributed by atoms with Crippen LogP contribution in [0.1, 0.15) is 29.9 Å². The Bertz CT molecular complexity index is 879. The third kappa shape index (κ3) is 5.54. The molecule has 0 aliphatic heterocycles. The van der Waals surface area contributed by atoms with Crippen molar-refractivity contribution in [2.75, 3.05) is 6.54 Å². The Hall–Kier alpha value is -3.42. The Balaban J connectivity index is 1.38. The maximum atomic E-state index is 12.0. The lowest BCUT2D eigenvalue weighted by molar-refractivity contribution is 0.237. The van der Waals surface area contributed by atoms with Gasteiger partial charge in [0.05, 0.1) is 6.04 Å². The standard InChI is InChI=1S/C20H24N6O2/c1-15(19-23-24-25-26(19)2)22-20(27)21-13-12-16-8-10-18(11-9-16)28-14-17-6-4-3-5-7-17/h3-11,15H,12-14H2,1-2H3,(H2,21,22,27). The molecule has 1 unspecified atom stereocenters. The predicted molar refractivity (Wildman–Crippen MR) is 105 cm³/mol. The normalized spacial score (nSPS) is 11.6. The van der Waals surface area contributed by atoms with Crippen molar-refractivity contribution < 1.29 is 9.53 Å². The zero-order valence-corrected chi connectivity index (χ0v) is 16.0. The van der Waals surface area contributed by atoms with Gasteiger partial charge in [0.2, 0.25) is 0 Å². The molecule has 0 saturated carbocycles. The minimum Gasteiger partial charge on any atom is -0.489 e. The monoisotopic (exact) mass is 380 g/mol. The molecule has 2 amide bonds. The minimum atomic E-state index is -0.277. The number of tetrazole rings is 1. The first-order valence-corrected chi connectivity index (χ1v) is 9.14. The Labute approximate surface area is 163 Å². The maximum Gasteiger partial charge on any atom is 0.315 e. The van der Waals surface area contributed by atoms with E-state index in [-0.39, 0.29) is 12.1 Å². The van der Waals surface area contributed by atoms with Gasteiger partial charge < -0.3 is 15.4 Å². The minimum absolute atomic E-state index is 0.252. The molecule has 8 heteroatoms. The lowest BCUT2D eigenvalue weighted by Gasteiger charge is -2.13. The lowest BCUT2D eigenvalue weighted by Crippen LogP contribution is -2.38. The van der Waals surface area contributed by atoms with Gasteiger partial charge in [0.25, 0.3) is 0 Å². The SMILES string of the molecule is CC(NC(=O)NCCc1ccc(OCc2ccccc2)cc1)c1nnnn1C. The van der Waals surface area contributed by atoms with Crippen molar-refractivity contribution in [3.63, 3.8) is 0 Å². The van der Waals surface area contributed by atoms with Gasteiger partial charge in [-0.2, -0.15) is 0 Å². The third-order valence-electron chi connectivity index (χ3n) is 4.26. The second-order valence-corrected chi connectivity index (χ2v) is 6.45. The molecule has 2 aromatic carbocycles. The third-order valence-corrected chi connectivity index (χ3v) is 4.26. The average Bonchev–Trinajstić information content (AvgIpc) is 3.14. The molecule has 0 radical (unpaired) electrons. The van der Waals surface area contributed by atoms with Gasteiger partial charge in [-0.05, 0) is 47.0 Å². The Morgan fingerprint density at radius 3 is 2.54 bits per heavy atom. The van der Waals surface area contributed by atoms with Gasteiger partial charge in [-0.25, -0.2) is 9.48 Å². The van der Waals surface area contributed by atoms with E-state index in [1.165, 1.54) is 4.68 Å². The molecule has 1 heterocycles. The number of carbonyl (C=O) groups excluding carboxylic acids is 1. The van der Waals surface area contributed by atoms with Crippen molar-refractivity contribution >= 4 is 6.03 Å². The summed E-state index contributed by atoms with van der Waals surface area (Å²) < 4.78 is 7.31. The highest BCUT2D eigenvalue weighted by Crippen LogP contribution is 2.14. The first-order chi connectivity index (χ1) is 13.6. The van der Waals surface area contributed by atoms with Crippen LogP contribution in [0.4, 0.5) is 4.79 Å². The molecule has 2 N–H and O–H groups in total. The number of nitrogens with zero attached hydrogens (tertiary/aromatic N) is 4. The van der Waals surface area contributed by atoms with Crippen LogP contribution >= 0.6 is 0 Å². The molecule has 3 rings (SSSR count). The molecule has 1 atom stereocenters. The summed E-state index contributed by atoms with van der Waals surface area (Å²) in [5.41, 5.74) is 2.26. The van der Waals surface area contributed by atoms with E-state index in [4.69, 9.17) is 4.74 Å². The van der Waals surface area contributed by atoms with Crippen molar-refractivity contribution in [2.45, 2.75) is 26.0 Å². The van der Waals surface area contributed by atoms with Crippen molar-refractivity contribution in [3.05, 3.63) is 71.5 Å². The Kier molecular flexibility index (Phi) is 6.56. The predicted octanol–water partition coefficient (Wildman–Crippen LogP) is 2.39. The van der Waals surface area contributed by atoms with Gasteiger partial charge >= 0.3 is 6.03 Å². The van der Waals surface area contributed by atoms with Crippen LogP contribution in [0.25, 0.3) is 0 Å². The molecule has 0 saturated heterocycles. The summed E-state index contributed by atoms with van der Waals surface area (Å²) in [6.45, 7) is 2.90. The molecule has 0 aliphatic rings. The number of ether oxygens (including phenoxy) is 1. The van der Waals surface area contributed by atoms with Crippen LogP contribution < -0.4 is 15.4 Å². The van der Waals surface area contributed by atoms with E-state index >= 15 is 0 Å². The van der Waals surface area contributed by atoms with E-state index < -0.39 is 0 Å². The van der Waals surface area contributed by atoms with Gasteiger partial charge in [-0.1, -0.05) is 42.5 Å². The van der Waals surface area contributed by atoms with Crippen molar-refractivity contribution in [3.8, 4) is 5.75 Å². The second-order valence-electron chi connectivity index (χ2n) is 6.45. The molecular weight excluding hydrogens is 356 g/mol. The first-order valence-electron chi connectivity index (χ1n) is 9.14. The summed E-state index contributed by atoms with van der Waals surface area (Å²) in [4.78, 5) is 12.0. The van der Waals surface area contributed by atoms with Crippen molar-refractivity contribution in [2.24, 2.45) is 7.05 Å². The van der Waals surface area contributed by atoms with E-state index in [0.717, 1.165) is 23.3 Å².